The van der Waals surface area contributed by atoms with Crippen molar-refractivity contribution in [2.24, 2.45) is 5.73 Å². The Balaban J connectivity index is 0.000000172. The predicted octanol–water partition coefficient (Wildman–Crippen LogP) is 6.07. The second kappa shape index (κ2) is 20.4. The number of aromatic nitrogens is 1. The van der Waals surface area contributed by atoms with Crippen LogP contribution in [-0.2, 0) is 25.1 Å². The van der Waals surface area contributed by atoms with Crippen molar-refractivity contribution in [3.05, 3.63) is 82.4 Å². The Hall–Kier alpha value is -2.78. The normalized spacial score (nSPS) is 20.7. The molecule has 0 atom stereocenters. The van der Waals surface area contributed by atoms with Crippen molar-refractivity contribution in [2.45, 2.75) is 49.4 Å². The van der Waals surface area contributed by atoms with Gasteiger partial charge in [0.15, 0.2) is 16.0 Å². The van der Waals surface area contributed by atoms with Crippen molar-refractivity contribution >= 4 is 51.2 Å². The number of carbonyl (C=O) groups excluding carboxylic acids is 1. The molecule has 2 N–H and O–H groups in total. The fraction of sp³-hybridized carbons (Fsp3) is 0.575. The highest BCUT2D eigenvalue weighted by Gasteiger charge is 2.43. The first-order valence-electron chi connectivity index (χ1n) is 19.0. The number of likely N-dealkylation sites (N-methyl/N-ethyl adjacent to an activating group) is 2. The third-order valence-corrected chi connectivity index (χ3v) is 12.5. The smallest absolute Gasteiger partial charge is 0.185 e. The number of ketones is 1. The molecule has 0 amide bonds. The monoisotopic (exact) mass is 804 g/mol. The highest BCUT2D eigenvalue weighted by molar-refractivity contribution is 7.80. The van der Waals surface area contributed by atoms with Gasteiger partial charge >= 0.3 is 0 Å². The van der Waals surface area contributed by atoms with Gasteiger partial charge < -0.3 is 34.8 Å². The maximum Gasteiger partial charge on any atom is 0.185 e. The number of Topliss-reactive ketones (excluding diaryl/α,β-unsaturated/α-hetero) is 1. The summed E-state index contributed by atoms with van der Waals surface area (Å²) in [5, 5.41) is 3.75. The first-order valence-corrected chi connectivity index (χ1v) is 20.8. The highest BCUT2D eigenvalue weighted by atomic mass is 35.5. The molecule has 296 valence electrons. The van der Waals surface area contributed by atoms with Crippen molar-refractivity contribution in [1.29, 1.82) is 0 Å². The van der Waals surface area contributed by atoms with E-state index in [4.69, 9.17) is 44.0 Å². The van der Waals surface area contributed by atoms with Crippen LogP contribution in [0.4, 0.5) is 13.9 Å². The fourth-order valence-electron chi connectivity index (χ4n) is 7.76. The quantitative estimate of drug-likeness (QED) is 0.234. The van der Waals surface area contributed by atoms with E-state index >= 15 is 0 Å². The number of ether oxygens (including phenoxy) is 2. The van der Waals surface area contributed by atoms with Crippen LogP contribution in [0.15, 0.2) is 53.9 Å². The van der Waals surface area contributed by atoms with Crippen molar-refractivity contribution < 1.29 is 23.0 Å². The zero-order valence-corrected chi connectivity index (χ0v) is 34.0. The summed E-state index contributed by atoms with van der Waals surface area (Å²) < 4.78 is 39.4. The summed E-state index contributed by atoms with van der Waals surface area (Å²) in [4.78, 5) is 26.2. The Bertz CT molecular complexity index is 1650. The van der Waals surface area contributed by atoms with Gasteiger partial charge in [0.05, 0.1) is 17.0 Å². The van der Waals surface area contributed by atoms with Crippen LogP contribution in [0.2, 0.25) is 0 Å². The first kappa shape index (κ1) is 42.4. The van der Waals surface area contributed by atoms with Crippen LogP contribution in [0.3, 0.4) is 0 Å². The minimum atomic E-state index is -0.800. The summed E-state index contributed by atoms with van der Waals surface area (Å²) in [6, 6.07) is 13.6. The number of alkyl halides is 1. The zero-order valence-electron chi connectivity index (χ0n) is 31.6. The zero-order chi connectivity index (χ0) is 38.6. The van der Waals surface area contributed by atoms with Crippen LogP contribution in [0.1, 0.15) is 55.3 Å². The van der Waals surface area contributed by atoms with E-state index in [-0.39, 0.29) is 28.7 Å². The van der Waals surface area contributed by atoms with E-state index in [1.165, 1.54) is 6.07 Å². The van der Waals surface area contributed by atoms with Crippen molar-refractivity contribution in [2.75, 3.05) is 104 Å². The molecule has 0 saturated carbocycles. The van der Waals surface area contributed by atoms with Crippen LogP contribution >= 0.6 is 35.2 Å². The third-order valence-electron chi connectivity index (χ3n) is 11.1. The number of halogens is 3. The van der Waals surface area contributed by atoms with Gasteiger partial charge in [-0.25, -0.2) is 13.8 Å². The summed E-state index contributed by atoms with van der Waals surface area (Å²) in [7, 11) is 4.30. The molecule has 4 saturated heterocycles. The Morgan fingerprint density at radius 3 is 1.96 bits per heavy atom. The molecule has 4 fully saturated rings. The number of hydrogen-bond acceptors (Lipinski definition) is 9. The Morgan fingerprint density at radius 1 is 0.815 bits per heavy atom. The van der Waals surface area contributed by atoms with Crippen molar-refractivity contribution in [3.63, 3.8) is 0 Å². The summed E-state index contributed by atoms with van der Waals surface area (Å²) in [5.74, 6) is -0.685. The minimum Gasteiger partial charge on any atom is -0.381 e. The topological polar surface area (TPSA) is 87.4 Å². The first-order chi connectivity index (χ1) is 26.1. The van der Waals surface area contributed by atoms with E-state index in [0.717, 1.165) is 94.4 Å². The number of hydrogen-bond donors (Lipinski definition) is 1. The predicted molar refractivity (Wildman–Crippen MR) is 218 cm³/mol. The molecule has 0 unspecified atom stereocenters. The van der Waals surface area contributed by atoms with E-state index in [2.05, 4.69) is 39.1 Å². The Kier molecular flexibility index (Phi) is 16.0. The number of thiazole rings is 1. The van der Waals surface area contributed by atoms with Gasteiger partial charge in [-0.3, -0.25) is 4.79 Å². The second-order valence-corrected chi connectivity index (χ2v) is 16.1. The van der Waals surface area contributed by atoms with Gasteiger partial charge in [-0.1, -0.05) is 36.4 Å². The van der Waals surface area contributed by atoms with Crippen molar-refractivity contribution in [1.82, 2.24) is 19.7 Å². The van der Waals surface area contributed by atoms with E-state index in [1.54, 1.807) is 41.7 Å². The van der Waals surface area contributed by atoms with Gasteiger partial charge in [-0.05, 0) is 90.1 Å². The number of thiocarbonyl (C=S) groups is 1. The van der Waals surface area contributed by atoms with E-state index < -0.39 is 5.41 Å². The molecule has 0 bridgehead atoms. The maximum absolute atomic E-state index is 14.7. The lowest BCUT2D eigenvalue weighted by molar-refractivity contribution is -0.125. The number of anilines is 1. The average Bonchev–Trinajstić information content (AvgIpc) is 3.45. The summed E-state index contributed by atoms with van der Waals surface area (Å²) in [5.41, 5.74) is 6.56. The Labute approximate surface area is 333 Å². The summed E-state index contributed by atoms with van der Waals surface area (Å²) in [6.07, 6.45) is 4.87. The van der Waals surface area contributed by atoms with Gasteiger partial charge in [0.25, 0.3) is 0 Å². The number of nitrogens with zero attached hydrogens (tertiary/aromatic N) is 5. The molecule has 5 heterocycles. The highest BCUT2D eigenvalue weighted by Crippen LogP contribution is 2.43. The number of rotatable bonds is 6. The molecular formula is C40H55ClF2N6O3S2. The average molecular weight is 806 g/mol. The molecule has 14 heteroatoms. The molecule has 3 aromatic rings. The number of carbonyl (C=O) groups is 1. The van der Waals surface area contributed by atoms with Gasteiger partial charge in [-0.15, -0.1) is 22.9 Å². The van der Waals surface area contributed by atoms with Crippen LogP contribution in [0.25, 0.3) is 0 Å². The molecule has 0 spiro atoms. The Morgan fingerprint density at radius 2 is 1.37 bits per heavy atom. The van der Waals surface area contributed by atoms with E-state index in [1.807, 2.05) is 12.1 Å². The number of nitrogens with two attached hydrogens (primary N) is 1. The standard InChI is InChI=1S/C20H26FN3OS.C13H14ClFO2.C7H15N3S/c1-23-9-4-10-24(12-11-23)19-22-18(15-26-19)20(7-13-25-14-8-20)16-5-2-3-6-17(16)21;14-9-12(16)13(5-7-17-8-6-13)10-3-1-2-4-11(10)15;1-9-3-2-4-10(6-5-9)7(8)11/h2-3,5-6,15H,4,7-14H2,1H3;1-4H,5-9H2;2-6H2,1H3,(H2,8,11). The van der Waals surface area contributed by atoms with E-state index in [0.29, 0.717) is 49.9 Å². The minimum absolute atomic E-state index is 0.0890. The largest absolute Gasteiger partial charge is 0.381 e. The van der Waals surface area contributed by atoms with Gasteiger partial charge in [0, 0.05) is 87.6 Å². The lowest BCUT2D eigenvalue weighted by Gasteiger charge is -2.36. The SMILES string of the molecule is CN1CCCN(C(N)=S)CC1.CN1CCCN(c2nc(C3(c4ccccc4F)CCOCC3)cs2)CC1.O=C(CCl)C1(c2ccccc2F)CCOCC1. The van der Waals surface area contributed by atoms with Crippen LogP contribution in [0.5, 0.6) is 0 Å². The van der Waals surface area contributed by atoms with Gasteiger partial charge in [-0.2, -0.15) is 0 Å². The second-order valence-electron chi connectivity index (χ2n) is 14.5. The molecule has 7 rings (SSSR count). The molecule has 0 aliphatic carbocycles. The molecule has 54 heavy (non-hydrogen) atoms. The molecular weight excluding hydrogens is 750 g/mol. The lowest BCUT2D eigenvalue weighted by Crippen LogP contribution is -2.42. The van der Waals surface area contributed by atoms with E-state index in [9.17, 15) is 13.6 Å². The molecule has 1 aromatic heterocycles. The molecule has 2 aromatic carbocycles. The van der Waals surface area contributed by atoms with Crippen LogP contribution in [-0.4, -0.2) is 129 Å². The van der Waals surface area contributed by atoms with Gasteiger partial charge in [0.1, 0.15) is 11.6 Å². The van der Waals surface area contributed by atoms with Crippen molar-refractivity contribution in [3.8, 4) is 0 Å². The molecule has 4 aliphatic heterocycles. The third kappa shape index (κ3) is 10.5. The summed E-state index contributed by atoms with van der Waals surface area (Å²) in [6.45, 7) is 10.7. The van der Waals surface area contributed by atoms with Crippen LogP contribution < -0.4 is 10.6 Å². The van der Waals surface area contributed by atoms with Crippen LogP contribution in [0, 0.1) is 11.6 Å². The lowest BCUT2D eigenvalue weighted by atomic mass is 9.71. The number of benzene rings is 2. The molecule has 9 nitrogen and oxygen atoms in total. The molecule has 0 radical (unpaired) electrons. The fourth-order valence-corrected chi connectivity index (χ4v) is 9.18. The summed E-state index contributed by atoms with van der Waals surface area (Å²) >= 11 is 12.3. The molecule has 4 aliphatic rings. The maximum atomic E-state index is 14.7. The van der Waals surface area contributed by atoms with Gasteiger partial charge in [0.2, 0.25) is 0 Å².